The summed E-state index contributed by atoms with van der Waals surface area (Å²) in [4.78, 5) is 12.2. The molecular weight excluding hydrogens is 246 g/mol. The first-order valence-electron chi connectivity index (χ1n) is 6.38. The van der Waals surface area contributed by atoms with Gasteiger partial charge in [0.05, 0.1) is 5.41 Å². The van der Waals surface area contributed by atoms with Crippen molar-refractivity contribution in [2.45, 2.75) is 39.5 Å². The summed E-state index contributed by atoms with van der Waals surface area (Å²) in [6.45, 7) is 8.86. The lowest BCUT2D eigenvalue weighted by Gasteiger charge is -2.24. The molecule has 0 saturated heterocycles. The molecule has 0 fully saturated rings. The van der Waals surface area contributed by atoms with E-state index in [-0.39, 0.29) is 5.91 Å². The third-order valence-electron chi connectivity index (χ3n) is 3.12. The molecule has 0 aromatic heterocycles. The van der Waals surface area contributed by atoms with Crippen molar-refractivity contribution in [1.82, 2.24) is 5.32 Å². The Morgan fingerprint density at radius 2 is 2.06 bits per heavy atom. The number of halogens is 1. The number of hydrogen-bond donors (Lipinski definition) is 1. The fraction of sp³-hybridized carbons (Fsp3) is 0.533. The van der Waals surface area contributed by atoms with E-state index >= 15 is 0 Å². The van der Waals surface area contributed by atoms with Gasteiger partial charge in [-0.2, -0.15) is 0 Å². The highest BCUT2D eigenvalue weighted by Gasteiger charge is 2.29. The van der Waals surface area contributed by atoms with Gasteiger partial charge in [0.15, 0.2) is 0 Å². The molecule has 0 unspecified atom stereocenters. The molecule has 0 aliphatic rings. The van der Waals surface area contributed by atoms with Gasteiger partial charge in [0.2, 0.25) is 5.91 Å². The summed E-state index contributed by atoms with van der Waals surface area (Å²) in [6, 6.07) is 7.48. The first kappa shape index (κ1) is 15.0. The Morgan fingerprint density at radius 3 is 2.61 bits per heavy atom. The zero-order valence-electron chi connectivity index (χ0n) is 11.6. The molecule has 0 aliphatic heterocycles. The smallest absolute Gasteiger partial charge is 0.230 e. The largest absolute Gasteiger partial charge is 0.355 e. The number of nitrogens with one attached hydrogen (secondary N) is 1. The van der Waals surface area contributed by atoms with Gasteiger partial charge in [-0.1, -0.05) is 37.6 Å². The Labute approximate surface area is 115 Å². The second kappa shape index (κ2) is 6.24. The minimum Gasteiger partial charge on any atom is -0.355 e. The van der Waals surface area contributed by atoms with Crippen LogP contribution in [0, 0.1) is 5.92 Å². The number of rotatable bonds is 5. The molecule has 1 aromatic carbocycles. The highest BCUT2D eigenvalue weighted by atomic mass is 35.5. The first-order valence-corrected chi connectivity index (χ1v) is 6.76. The van der Waals surface area contributed by atoms with Crippen molar-refractivity contribution >= 4 is 17.5 Å². The van der Waals surface area contributed by atoms with Crippen molar-refractivity contribution in [2.24, 2.45) is 5.92 Å². The quantitative estimate of drug-likeness (QED) is 0.864. The second-order valence-corrected chi connectivity index (χ2v) is 6.01. The number of carbonyl (C=O) groups is 1. The molecule has 18 heavy (non-hydrogen) atoms. The van der Waals surface area contributed by atoms with Gasteiger partial charge < -0.3 is 5.32 Å². The monoisotopic (exact) mass is 267 g/mol. The van der Waals surface area contributed by atoms with Gasteiger partial charge in [-0.15, -0.1) is 0 Å². The third-order valence-corrected chi connectivity index (χ3v) is 3.36. The van der Waals surface area contributed by atoms with Gasteiger partial charge in [-0.3, -0.25) is 4.79 Å². The lowest BCUT2D eigenvalue weighted by molar-refractivity contribution is -0.125. The molecule has 2 nitrogen and oxygen atoms in total. The van der Waals surface area contributed by atoms with E-state index in [2.05, 4.69) is 19.2 Å². The molecule has 0 radical (unpaired) electrons. The van der Waals surface area contributed by atoms with Crippen molar-refractivity contribution in [3.63, 3.8) is 0 Å². The van der Waals surface area contributed by atoms with Crippen LogP contribution in [-0.2, 0) is 10.2 Å². The van der Waals surface area contributed by atoms with Crippen LogP contribution >= 0.6 is 11.6 Å². The second-order valence-electron chi connectivity index (χ2n) is 5.57. The zero-order valence-corrected chi connectivity index (χ0v) is 12.3. The lowest BCUT2D eigenvalue weighted by Crippen LogP contribution is -2.40. The van der Waals surface area contributed by atoms with Crippen molar-refractivity contribution in [2.75, 3.05) is 6.54 Å². The van der Waals surface area contributed by atoms with Gasteiger partial charge in [-0.25, -0.2) is 0 Å². The Bertz CT molecular complexity index is 413. The van der Waals surface area contributed by atoms with Crippen LogP contribution in [-0.4, -0.2) is 12.5 Å². The maximum Gasteiger partial charge on any atom is 0.230 e. The predicted octanol–water partition coefficient (Wildman–Crippen LogP) is 3.78. The molecule has 0 bridgehead atoms. The fourth-order valence-electron chi connectivity index (χ4n) is 1.70. The van der Waals surface area contributed by atoms with Gasteiger partial charge in [0.1, 0.15) is 0 Å². The Balaban J connectivity index is 2.70. The maximum absolute atomic E-state index is 12.2. The lowest BCUT2D eigenvalue weighted by atomic mass is 9.83. The highest BCUT2D eigenvalue weighted by Crippen LogP contribution is 2.25. The zero-order chi connectivity index (χ0) is 13.8. The predicted molar refractivity (Wildman–Crippen MR) is 76.9 cm³/mol. The van der Waals surface area contributed by atoms with Crippen molar-refractivity contribution < 1.29 is 4.79 Å². The van der Waals surface area contributed by atoms with Crippen LogP contribution in [0.3, 0.4) is 0 Å². The number of hydrogen-bond acceptors (Lipinski definition) is 1. The molecule has 0 heterocycles. The fourth-order valence-corrected chi connectivity index (χ4v) is 1.89. The number of benzene rings is 1. The van der Waals surface area contributed by atoms with Gasteiger partial charge in [0.25, 0.3) is 0 Å². The maximum atomic E-state index is 12.2. The summed E-state index contributed by atoms with van der Waals surface area (Å²) < 4.78 is 0. The van der Waals surface area contributed by atoms with Crippen LogP contribution < -0.4 is 5.32 Å². The number of amides is 1. The van der Waals surface area contributed by atoms with E-state index in [4.69, 9.17) is 11.6 Å². The molecule has 1 rings (SSSR count). The van der Waals surface area contributed by atoms with Crippen LogP contribution in [0.25, 0.3) is 0 Å². The highest BCUT2D eigenvalue weighted by molar-refractivity contribution is 6.30. The van der Waals surface area contributed by atoms with E-state index in [1.807, 2.05) is 38.1 Å². The normalized spacial score (nSPS) is 11.7. The van der Waals surface area contributed by atoms with Crippen LogP contribution in [0.4, 0.5) is 0 Å². The van der Waals surface area contributed by atoms with E-state index < -0.39 is 5.41 Å². The minimum absolute atomic E-state index is 0.0467. The molecule has 3 heteroatoms. The topological polar surface area (TPSA) is 29.1 Å². The summed E-state index contributed by atoms with van der Waals surface area (Å²) >= 11 is 5.97. The Morgan fingerprint density at radius 1 is 1.39 bits per heavy atom. The number of carbonyl (C=O) groups excluding carboxylic acids is 1. The molecule has 0 aliphatic carbocycles. The average molecular weight is 268 g/mol. The van der Waals surface area contributed by atoms with E-state index in [1.165, 1.54) is 0 Å². The van der Waals surface area contributed by atoms with Gasteiger partial charge >= 0.3 is 0 Å². The van der Waals surface area contributed by atoms with E-state index in [0.29, 0.717) is 10.9 Å². The third kappa shape index (κ3) is 4.02. The molecule has 0 saturated carbocycles. The van der Waals surface area contributed by atoms with Crippen LogP contribution in [0.2, 0.25) is 5.02 Å². The summed E-state index contributed by atoms with van der Waals surface area (Å²) in [5, 5.41) is 3.65. The van der Waals surface area contributed by atoms with Gasteiger partial charge in [-0.05, 0) is 43.9 Å². The van der Waals surface area contributed by atoms with E-state index in [9.17, 15) is 4.79 Å². The molecule has 0 atom stereocenters. The van der Waals surface area contributed by atoms with E-state index in [1.54, 1.807) is 0 Å². The van der Waals surface area contributed by atoms with Crippen LogP contribution in [0.1, 0.15) is 39.7 Å². The Kier molecular flexibility index (Phi) is 5.21. The summed E-state index contributed by atoms with van der Waals surface area (Å²) in [5.41, 5.74) is 0.388. The summed E-state index contributed by atoms with van der Waals surface area (Å²) in [7, 11) is 0. The molecular formula is C15H22ClNO. The standard InChI is InChI=1S/C15H22ClNO/c1-11(2)8-9-17-14(18)15(3,4)12-6-5-7-13(16)10-12/h5-7,10-11H,8-9H2,1-4H3,(H,17,18). The van der Waals surface area contributed by atoms with Crippen molar-refractivity contribution in [1.29, 1.82) is 0 Å². The van der Waals surface area contributed by atoms with Crippen LogP contribution in [0.15, 0.2) is 24.3 Å². The van der Waals surface area contributed by atoms with Crippen LogP contribution in [0.5, 0.6) is 0 Å². The average Bonchev–Trinajstić information content (AvgIpc) is 2.28. The molecule has 1 aromatic rings. The molecule has 1 amide bonds. The summed E-state index contributed by atoms with van der Waals surface area (Å²) in [6.07, 6.45) is 0.997. The van der Waals surface area contributed by atoms with E-state index in [0.717, 1.165) is 18.5 Å². The SMILES string of the molecule is CC(C)CCNC(=O)C(C)(C)c1cccc(Cl)c1. The van der Waals surface area contributed by atoms with Gasteiger partial charge in [0, 0.05) is 11.6 Å². The van der Waals surface area contributed by atoms with Crippen molar-refractivity contribution in [3.8, 4) is 0 Å². The molecule has 100 valence electrons. The summed E-state index contributed by atoms with van der Waals surface area (Å²) in [5.74, 6) is 0.644. The van der Waals surface area contributed by atoms with Crippen molar-refractivity contribution in [3.05, 3.63) is 34.9 Å². The molecule has 1 N–H and O–H groups in total. The molecule has 0 spiro atoms. The minimum atomic E-state index is -0.554. The Hall–Kier alpha value is -1.02. The first-order chi connectivity index (χ1) is 8.34.